The molecule has 136 valence electrons. The molecular formula is C15H17BrF3N5O. The maximum atomic E-state index is 12.5. The number of hydrogen-bond acceptors (Lipinski definition) is 4. The third kappa shape index (κ3) is 4.49. The van der Waals surface area contributed by atoms with Gasteiger partial charge in [-0.2, -0.15) is 13.2 Å². The molecule has 1 amide bonds. The second-order valence-corrected chi connectivity index (χ2v) is 6.83. The SMILES string of the molecule is O=C(NC1CCC(NCC(F)(F)F)CC1)c1nc(Br)c2cnccn12. The van der Waals surface area contributed by atoms with Gasteiger partial charge in [-0.1, -0.05) is 0 Å². The van der Waals surface area contributed by atoms with Crippen molar-refractivity contribution in [3.05, 3.63) is 29.0 Å². The van der Waals surface area contributed by atoms with E-state index in [1.54, 1.807) is 23.0 Å². The molecule has 2 heterocycles. The van der Waals surface area contributed by atoms with Crippen molar-refractivity contribution >= 4 is 27.4 Å². The summed E-state index contributed by atoms with van der Waals surface area (Å²) >= 11 is 3.30. The fourth-order valence-electron chi connectivity index (χ4n) is 3.01. The van der Waals surface area contributed by atoms with E-state index in [9.17, 15) is 18.0 Å². The van der Waals surface area contributed by atoms with Gasteiger partial charge >= 0.3 is 6.18 Å². The Morgan fingerprint density at radius 3 is 2.64 bits per heavy atom. The molecule has 2 N–H and O–H groups in total. The van der Waals surface area contributed by atoms with Crippen molar-refractivity contribution in [2.75, 3.05) is 6.54 Å². The lowest BCUT2D eigenvalue weighted by Gasteiger charge is -2.29. The number of carbonyl (C=O) groups is 1. The number of hydrogen-bond donors (Lipinski definition) is 2. The second kappa shape index (κ2) is 7.28. The molecule has 3 rings (SSSR count). The highest BCUT2D eigenvalue weighted by atomic mass is 79.9. The largest absolute Gasteiger partial charge is 0.401 e. The minimum absolute atomic E-state index is 0.0654. The van der Waals surface area contributed by atoms with E-state index in [0.717, 1.165) is 0 Å². The van der Waals surface area contributed by atoms with Crippen molar-refractivity contribution in [2.24, 2.45) is 0 Å². The van der Waals surface area contributed by atoms with Gasteiger partial charge in [-0.15, -0.1) is 0 Å². The standard InChI is InChI=1S/C15H17BrF3N5O/c16-12-11-7-20-5-6-24(11)13(23-12)14(25)22-10-3-1-9(2-4-10)21-8-15(17,18)19/h5-7,9-10,21H,1-4,8H2,(H,22,25). The lowest BCUT2D eigenvalue weighted by Crippen LogP contribution is -2.44. The highest BCUT2D eigenvalue weighted by molar-refractivity contribution is 9.10. The first-order chi connectivity index (χ1) is 11.8. The number of halogens is 4. The van der Waals surface area contributed by atoms with Crippen LogP contribution in [0.5, 0.6) is 0 Å². The smallest absolute Gasteiger partial charge is 0.347 e. The monoisotopic (exact) mass is 419 g/mol. The topological polar surface area (TPSA) is 71.3 Å². The van der Waals surface area contributed by atoms with E-state index < -0.39 is 12.7 Å². The molecule has 1 aliphatic carbocycles. The fraction of sp³-hybridized carbons (Fsp3) is 0.533. The zero-order chi connectivity index (χ0) is 18.0. The molecule has 0 unspecified atom stereocenters. The summed E-state index contributed by atoms with van der Waals surface area (Å²) in [6.45, 7) is -0.975. The lowest BCUT2D eigenvalue weighted by molar-refractivity contribution is -0.126. The maximum absolute atomic E-state index is 12.5. The molecule has 10 heteroatoms. The van der Waals surface area contributed by atoms with Crippen LogP contribution in [-0.2, 0) is 0 Å². The Hall–Kier alpha value is -1.68. The van der Waals surface area contributed by atoms with Gasteiger partial charge in [0, 0.05) is 24.5 Å². The number of imidazole rings is 1. The zero-order valence-corrected chi connectivity index (χ0v) is 14.8. The summed E-state index contributed by atoms with van der Waals surface area (Å²) in [6.07, 6.45) is 3.07. The number of amides is 1. The number of aromatic nitrogens is 3. The summed E-state index contributed by atoms with van der Waals surface area (Å²) in [4.78, 5) is 20.7. The fourth-order valence-corrected chi connectivity index (χ4v) is 3.48. The van der Waals surface area contributed by atoms with Crippen molar-refractivity contribution in [1.82, 2.24) is 25.0 Å². The van der Waals surface area contributed by atoms with Crippen molar-refractivity contribution in [2.45, 2.75) is 43.9 Å². The summed E-state index contributed by atoms with van der Waals surface area (Å²) < 4.78 is 38.9. The third-order valence-corrected chi connectivity index (χ3v) is 4.84. The van der Waals surface area contributed by atoms with Crippen LogP contribution in [0.2, 0.25) is 0 Å². The van der Waals surface area contributed by atoms with Gasteiger partial charge in [0.25, 0.3) is 5.91 Å². The molecule has 0 spiro atoms. The molecule has 0 saturated heterocycles. The molecule has 1 fully saturated rings. The first-order valence-electron chi connectivity index (χ1n) is 7.92. The van der Waals surface area contributed by atoms with Gasteiger partial charge in [0.05, 0.1) is 18.3 Å². The van der Waals surface area contributed by atoms with Crippen LogP contribution in [0.25, 0.3) is 5.52 Å². The summed E-state index contributed by atoms with van der Waals surface area (Å²) in [5.41, 5.74) is 0.688. The third-order valence-electron chi connectivity index (χ3n) is 4.26. The quantitative estimate of drug-likeness (QED) is 0.798. The number of carbonyl (C=O) groups excluding carboxylic acids is 1. The molecule has 1 aliphatic rings. The van der Waals surface area contributed by atoms with Crippen molar-refractivity contribution in [3.8, 4) is 0 Å². The molecule has 0 aromatic carbocycles. The van der Waals surface area contributed by atoms with E-state index in [1.165, 1.54) is 0 Å². The van der Waals surface area contributed by atoms with Gasteiger partial charge < -0.3 is 10.6 Å². The van der Waals surface area contributed by atoms with E-state index in [1.807, 2.05) is 0 Å². The zero-order valence-electron chi connectivity index (χ0n) is 13.2. The van der Waals surface area contributed by atoms with Gasteiger partial charge in [0.1, 0.15) is 4.60 Å². The van der Waals surface area contributed by atoms with Crippen molar-refractivity contribution < 1.29 is 18.0 Å². The maximum Gasteiger partial charge on any atom is 0.401 e. The molecule has 2 aromatic rings. The Morgan fingerprint density at radius 1 is 1.28 bits per heavy atom. The minimum Gasteiger partial charge on any atom is -0.347 e. The van der Waals surface area contributed by atoms with Gasteiger partial charge in [0.15, 0.2) is 0 Å². The van der Waals surface area contributed by atoms with Crippen LogP contribution >= 0.6 is 15.9 Å². The molecule has 25 heavy (non-hydrogen) atoms. The highest BCUT2D eigenvalue weighted by Crippen LogP contribution is 2.22. The van der Waals surface area contributed by atoms with Crippen LogP contribution in [0.3, 0.4) is 0 Å². The Morgan fingerprint density at radius 2 is 1.96 bits per heavy atom. The normalized spacial score (nSPS) is 21.4. The van der Waals surface area contributed by atoms with E-state index in [2.05, 4.69) is 36.5 Å². The average Bonchev–Trinajstić information content (AvgIpc) is 2.91. The van der Waals surface area contributed by atoms with E-state index in [0.29, 0.717) is 35.8 Å². The van der Waals surface area contributed by atoms with Crippen molar-refractivity contribution in [1.29, 1.82) is 0 Å². The molecule has 0 bridgehead atoms. The Bertz CT molecular complexity index is 755. The predicted molar refractivity (Wildman–Crippen MR) is 88.3 cm³/mol. The first-order valence-corrected chi connectivity index (χ1v) is 8.71. The second-order valence-electron chi connectivity index (χ2n) is 6.08. The van der Waals surface area contributed by atoms with Crippen LogP contribution in [0.1, 0.15) is 36.3 Å². The van der Waals surface area contributed by atoms with E-state index in [-0.39, 0.29) is 23.8 Å². The van der Waals surface area contributed by atoms with Crippen LogP contribution in [0, 0.1) is 0 Å². The minimum atomic E-state index is -4.20. The highest BCUT2D eigenvalue weighted by Gasteiger charge is 2.30. The van der Waals surface area contributed by atoms with Gasteiger partial charge in [-0.25, -0.2) is 4.98 Å². The van der Waals surface area contributed by atoms with Crippen LogP contribution < -0.4 is 10.6 Å². The number of fused-ring (bicyclic) bond motifs is 1. The van der Waals surface area contributed by atoms with Gasteiger partial charge in [-0.3, -0.25) is 14.2 Å². The number of alkyl halides is 3. The molecule has 0 radical (unpaired) electrons. The predicted octanol–water partition coefficient (Wildman–Crippen LogP) is 2.68. The van der Waals surface area contributed by atoms with E-state index >= 15 is 0 Å². The Balaban J connectivity index is 1.56. The van der Waals surface area contributed by atoms with Crippen LogP contribution in [-0.4, -0.2) is 45.1 Å². The summed E-state index contributed by atoms with van der Waals surface area (Å²) in [5, 5.41) is 5.45. The first kappa shape index (κ1) is 18.1. The average molecular weight is 420 g/mol. The molecule has 1 saturated carbocycles. The number of nitrogens with zero attached hydrogens (tertiary/aromatic N) is 3. The number of rotatable bonds is 4. The van der Waals surface area contributed by atoms with Crippen LogP contribution in [0.15, 0.2) is 23.2 Å². The molecular weight excluding hydrogens is 403 g/mol. The van der Waals surface area contributed by atoms with E-state index in [4.69, 9.17) is 0 Å². The van der Waals surface area contributed by atoms with Gasteiger partial charge in [0.2, 0.25) is 5.82 Å². The van der Waals surface area contributed by atoms with Crippen molar-refractivity contribution in [3.63, 3.8) is 0 Å². The Labute approximate surface area is 150 Å². The summed E-state index contributed by atoms with van der Waals surface area (Å²) in [6, 6.07) is -0.230. The lowest BCUT2D eigenvalue weighted by atomic mass is 9.91. The Kier molecular flexibility index (Phi) is 5.28. The van der Waals surface area contributed by atoms with Crippen LogP contribution in [0.4, 0.5) is 13.2 Å². The molecule has 2 aromatic heterocycles. The summed E-state index contributed by atoms with van der Waals surface area (Å²) in [7, 11) is 0. The molecule has 0 aliphatic heterocycles. The van der Waals surface area contributed by atoms with Gasteiger partial charge in [-0.05, 0) is 41.6 Å². The molecule has 0 atom stereocenters. The molecule has 6 nitrogen and oxygen atoms in total. The number of nitrogens with one attached hydrogen (secondary N) is 2. The summed E-state index contributed by atoms with van der Waals surface area (Å²) in [5.74, 6) is -0.0554.